The Balaban J connectivity index is 2.04. The monoisotopic (exact) mass is 377 g/mol. The predicted octanol–water partition coefficient (Wildman–Crippen LogP) is 1.85. The summed E-state index contributed by atoms with van der Waals surface area (Å²) in [4.78, 5) is 24.5. The van der Waals surface area contributed by atoms with E-state index < -0.39 is 33.3 Å². The molecule has 0 N–H and O–H groups in total. The van der Waals surface area contributed by atoms with Crippen LogP contribution in [0.1, 0.15) is 23.6 Å². The minimum atomic E-state index is -3.85. The summed E-state index contributed by atoms with van der Waals surface area (Å²) in [6.45, 7) is 1.86. The zero-order valence-corrected chi connectivity index (χ0v) is 15.4. The molecule has 138 valence electrons. The van der Waals surface area contributed by atoms with E-state index >= 15 is 0 Å². The van der Waals surface area contributed by atoms with Gasteiger partial charge in [-0.1, -0.05) is 17.7 Å². The molecule has 1 aromatic carbocycles. The van der Waals surface area contributed by atoms with E-state index in [2.05, 4.69) is 0 Å². The van der Waals surface area contributed by atoms with Crippen molar-refractivity contribution in [3.05, 3.63) is 53.9 Å². The van der Waals surface area contributed by atoms with Crippen LogP contribution >= 0.6 is 0 Å². The topological polar surface area (TPSA) is 91.7 Å². The van der Waals surface area contributed by atoms with E-state index in [4.69, 9.17) is 9.47 Å². The molecular formula is C18H19NO6S. The molecule has 3 rings (SSSR count). The molecule has 0 saturated heterocycles. The summed E-state index contributed by atoms with van der Waals surface area (Å²) in [6, 6.07) is 9.62. The van der Waals surface area contributed by atoms with Gasteiger partial charge in [0.05, 0.1) is 19.1 Å². The second-order valence-corrected chi connectivity index (χ2v) is 8.07. The molecular weight excluding hydrogens is 358 g/mol. The molecule has 7 nitrogen and oxygen atoms in total. The molecule has 1 saturated carbocycles. The van der Waals surface area contributed by atoms with Crippen molar-refractivity contribution in [3.63, 3.8) is 0 Å². The minimum Gasteiger partial charge on any atom is -0.468 e. The number of esters is 2. The van der Waals surface area contributed by atoms with Crippen LogP contribution < -0.4 is 0 Å². The number of nitrogens with zero attached hydrogens (tertiary/aromatic N) is 1. The summed E-state index contributed by atoms with van der Waals surface area (Å²) < 4.78 is 36.6. The van der Waals surface area contributed by atoms with Gasteiger partial charge in [-0.15, -0.1) is 0 Å². The molecule has 0 spiro atoms. The van der Waals surface area contributed by atoms with Gasteiger partial charge in [0.2, 0.25) is 0 Å². The van der Waals surface area contributed by atoms with Gasteiger partial charge in [0.25, 0.3) is 10.0 Å². The highest BCUT2D eigenvalue weighted by Gasteiger charge is 2.69. The van der Waals surface area contributed by atoms with E-state index in [1.807, 2.05) is 6.92 Å². The molecule has 0 radical (unpaired) electrons. The van der Waals surface area contributed by atoms with Crippen LogP contribution in [0.4, 0.5) is 0 Å². The van der Waals surface area contributed by atoms with E-state index in [9.17, 15) is 18.0 Å². The molecule has 1 aliphatic carbocycles. The van der Waals surface area contributed by atoms with Gasteiger partial charge in [-0.25, -0.2) is 12.4 Å². The quantitative estimate of drug-likeness (QED) is 0.583. The summed E-state index contributed by atoms with van der Waals surface area (Å²) in [5, 5.41) is 0. The molecule has 1 aliphatic rings. The minimum absolute atomic E-state index is 0.128. The number of aromatic nitrogens is 1. The normalized spacial score (nSPS) is 18.2. The third-order valence-corrected chi connectivity index (χ3v) is 6.46. The van der Waals surface area contributed by atoms with Gasteiger partial charge in [-0.2, -0.15) is 0 Å². The molecule has 2 aromatic rings. The molecule has 1 fully saturated rings. The lowest BCUT2D eigenvalue weighted by molar-refractivity contribution is -0.161. The van der Waals surface area contributed by atoms with Gasteiger partial charge in [-0.05, 0) is 37.6 Å². The van der Waals surface area contributed by atoms with Crippen molar-refractivity contribution in [2.75, 3.05) is 14.2 Å². The molecule has 1 heterocycles. The van der Waals surface area contributed by atoms with Crippen LogP contribution in [0.5, 0.6) is 0 Å². The Morgan fingerprint density at radius 1 is 1.08 bits per heavy atom. The summed E-state index contributed by atoms with van der Waals surface area (Å²) >= 11 is 0. The zero-order valence-electron chi connectivity index (χ0n) is 14.6. The maximum atomic E-state index is 13.0. The average Bonchev–Trinajstić information content (AvgIpc) is 3.19. The zero-order chi connectivity index (χ0) is 19.1. The fourth-order valence-corrected chi connectivity index (χ4v) is 4.61. The molecule has 1 aromatic heterocycles. The lowest BCUT2D eigenvalue weighted by Gasteiger charge is -2.14. The molecule has 0 aliphatic heterocycles. The van der Waals surface area contributed by atoms with Crippen LogP contribution in [-0.2, 0) is 29.1 Å². The number of carbonyl (C=O) groups is 2. The van der Waals surface area contributed by atoms with Crippen molar-refractivity contribution in [3.8, 4) is 0 Å². The summed E-state index contributed by atoms with van der Waals surface area (Å²) in [5.74, 6) is -2.08. The Kier molecular flexibility index (Phi) is 4.39. The smallest absolute Gasteiger partial charge is 0.323 e. The molecule has 8 heteroatoms. The SMILES string of the molecule is COC(=O)C1(C(=O)OC)CC1c1cccn1S(=O)(=O)c1ccc(C)cc1. The highest BCUT2D eigenvalue weighted by atomic mass is 32.2. The van der Waals surface area contributed by atoms with Gasteiger partial charge in [0, 0.05) is 17.8 Å². The lowest BCUT2D eigenvalue weighted by atomic mass is 10.0. The van der Waals surface area contributed by atoms with Crippen LogP contribution in [0.15, 0.2) is 47.5 Å². The van der Waals surface area contributed by atoms with E-state index in [1.165, 1.54) is 32.5 Å². The standard InChI is InChI=1S/C18H19NO6S/c1-12-6-8-13(9-7-12)26(22,23)19-10-4-5-15(19)14-11-18(14,16(20)24-2)17(21)25-3/h4-10,14H,11H2,1-3H3. The summed E-state index contributed by atoms with van der Waals surface area (Å²) in [7, 11) is -1.48. The fourth-order valence-electron chi connectivity index (χ4n) is 3.21. The van der Waals surface area contributed by atoms with Crippen LogP contribution in [0.3, 0.4) is 0 Å². The second kappa shape index (κ2) is 6.28. The molecule has 0 amide bonds. The molecule has 1 atom stereocenters. The van der Waals surface area contributed by atoms with E-state index in [1.54, 1.807) is 24.3 Å². The Bertz CT molecular complexity index is 942. The number of ether oxygens (including phenoxy) is 2. The lowest BCUT2D eigenvalue weighted by Crippen LogP contribution is -2.30. The van der Waals surface area contributed by atoms with Crippen LogP contribution in [-0.4, -0.2) is 38.5 Å². The van der Waals surface area contributed by atoms with Crippen molar-refractivity contribution in [1.82, 2.24) is 3.97 Å². The van der Waals surface area contributed by atoms with E-state index in [-0.39, 0.29) is 11.3 Å². The van der Waals surface area contributed by atoms with Crippen molar-refractivity contribution in [2.24, 2.45) is 5.41 Å². The Labute approximate surface area is 151 Å². The van der Waals surface area contributed by atoms with Crippen molar-refractivity contribution in [2.45, 2.75) is 24.2 Å². The number of carbonyl (C=O) groups excluding carboxylic acids is 2. The average molecular weight is 377 g/mol. The third-order valence-electron chi connectivity index (χ3n) is 4.74. The number of aryl methyl sites for hydroxylation is 1. The first kappa shape index (κ1) is 18.2. The fraction of sp³-hybridized carbons (Fsp3) is 0.333. The number of rotatable bonds is 5. The Hall–Kier alpha value is -2.61. The third kappa shape index (κ3) is 2.61. The first-order valence-electron chi connectivity index (χ1n) is 7.95. The van der Waals surface area contributed by atoms with E-state index in [0.29, 0.717) is 5.69 Å². The first-order chi connectivity index (χ1) is 12.3. The van der Waals surface area contributed by atoms with Gasteiger partial charge in [-0.3, -0.25) is 9.59 Å². The number of methoxy groups -OCH3 is 2. The maximum absolute atomic E-state index is 13.0. The Morgan fingerprint density at radius 3 is 2.19 bits per heavy atom. The highest BCUT2D eigenvalue weighted by Crippen LogP contribution is 2.61. The number of hydrogen-bond donors (Lipinski definition) is 0. The maximum Gasteiger partial charge on any atom is 0.323 e. The molecule has 26 heavy (non-hydrogen) atoms. The summed E-state index contributed by atoms with van der Waals surface area (Å²) in [5.41, 5.74) is -0.210. The number of hydrogen-bond acceptors (Lipinski definition) is 6. The van der Waals surface area contributed by atoms with Gasteiger partial charge in [0.1, 0.15) is 0 Å². The van der Waals surface area contributed by atoms with Gasteiger partial charge >= 0.3 is 11.9 Å². The van der Waals surface area contributed by atoms with Crippen LogP contribution in [0, 0.1) is 12.3 Å². The van der Waals surface area contributed by atoms with Crippen molar-refractivity contribution < 1.29 is 27.5 Å². The van der Waals surface area contributed by atoms with Crippen molar-refractivity contribution >= 4 is 22.0 Å². The van der Waals surface area contributed by atoms with Gasteiger partial charge < -0.3 is 9.47 Å². The molecule has 0 bridgehead atoms. The Morgan fingerprint density at radius 2 is 1.65 bits per heavy atom. The van der Waals surface area contributed by atoms with Gasteiger partial charge in [0.15, 0.2) is 5.41 Å². The first-order valence-corrected chi connectivity index (χ1v) is 9.39. The predicted molar refractivity (Wildman–Crippen MR) is 92.0 cm³/mol. The summed E-state index contributed by atoms with van der Waals surface area (Å²) in [6.07, 6.45) is 1.54. The molecule has 1 unspecified atom stereocenters. The number of benzene rings is 1. The second-order valence-electron chi connectivity index (χ2n) is 6.26. The largest absolute Gasteiger partial charge is 0.468 e. The highest BCUT2D eigenvalue weighted by molar-refractivity contribution is 7.90. The van der Waals surface area contributed by atoms with Crippen LogP contribution in [0.2, 0.25) is 0 Å². The van der Waals surface area contributed by atoms with Crippen LogP contribution in [0.25, 0.3) is 0 Å². The van der Waals surface area contributed by atoms with E-state index in [0.717, 1.165) is 9.54 Å². The van der Waals surface area contributed by atoms with Crippen molar-refractivity contribution in [1.29, 1.82) is 0 Å².